The summed E-state index contributed by atoms with van der Waals surface area (Å²) in [6, 6.07) is 15.4. The summed E-state index contributed by atoms with van der Waals surface area (Å²) in [5, 5.41) is 0. The van der Waals surface area contributed by atoms with Crippen LogP contribution in [0.2, 0.25) is 0 Å². The van der Waals surface area contributed by atoms with Crippen molar-refractivity contribution in [1.29, 1.82) is 0 Å². The van der Waals surface area contributed by atoms with E-state index in [1.165, 1.54) is 0 Å². The normalized spacial score (nSPS) is 10.1. The Hall–Kier alpha value is -2.29. The Balaban J connectivity index is 1.98. The van der Waals surface area contributed by atoms with Gasteiger partial charge in [0.1, 0.15) is 23.9 Å². The second-order valence-electron chi connectivity index (χ2n) is 4.62. The van der Waals surface area contributed by atoms with Gasteiger partial charge in [0.25, 0.3) is 0 Å². The van der Waals surface area contributed by atoms with Crippen LogP contribution in [-0.2, 0) is 17.8 Å². The van der Waals surface area contributed by atoms with Crippen LogP contribution in [0.4, 0.5) is 0 Å². The van der Waals surface area contributed by atoms with E-state index in [2.05, 4.69) is 0 Å². The molecule has 104 valence electrons. The minimum atomic E-state index is 0.160. The number of ether oxygens (including phenoxy) is 2. The Morgan fingerprint density at radius 3 is 2.40 bits per heavy atom. The highest BCUT2D eigenvalue weighted by Gasteiger charge is 2.03. The molecule has 2 aromatic carbocycles. The molecular formula is C17H18O3. The monoisotopic (exact) mass is 270 g/mol. The van der Waals surface area contributed by atoms with Crippen molar-refractivity contribution in [3.8, 4) is 11.5 Å². The molecule has 0 N–H and O–H groups in total. The minimum Gasteiger partial charge on any atom is -0.496 e. The van der Waals surface area contributed by atoms with Crippen LogP contribution >= 0.6 is 0 Å². The van der Waals surface area contributed by atoms with E-state index in [9.17, 15) is 4.79 Å². The van der Waals surface area contributed by atoms with Crippen molar-refractivity contribution in [3.05, 3.63) is 59.7 Å². The molecule has 3 nitrogen and oxygen atoms in total. The van der Waals surface area contributed by atoms with E-state index in [0.29, 0.717) is 13.0 Å². The third-order valence-electron chi connectivity index (χ3n) is 2.96. The second-order valence-corrected chi connectivity index (χ2v) is 4.62. The molecule has 0 atom stereocenters. The highest BCUT2D eigenvalue weighted by molar-refractivity contribution is 5.78. The smallest absolute Gasteiger partial charge is 0.134 e. The van der Waals surface area contributed by atoms with Gasteiger partial charge in [0.2, 0.25) is 0 Å². The lowest BCUT2D eigenvalue weighted by molar-refractivity contribution is -0.116. The average molecular weight is 270 g/mol. The summed E-state index contributed by atoms with van der Waals surface area (Å²) in [6.45, 7) is 2.04. The summed E-state index contributed by atoms with van der Waals surface area (Å²) in [5.74, 6) is 1.76. The number of carbonyl (C=O) groups excluding carboxylic acids is 1. The first kappa shape index (κ1) is 14.1. The van der Waals surface area contributed by atoms with Crippen molar-refractivity contribution in [1.82, 2.24) is 0 Å². The molecule has 0 saturated heterocycles. The molecular weight excluding hydrogens is 252 g/mol. The molecule has 0 aromatic heterocycles. The maximum absolute atomic E-state index is 11.0. The van der Waals surface area contributed by atoms with Crippen molar-refractivity contribution >= 4 is 5.78 Å². The summed E-state index contributed by atoms with van der Waals surface area (Å²) in [6.07, 6.45) is 0.465. The maximum atomic E-state index is 11.0. The van der Waals surface area contributed by atoms with Gasteiger partial charge < -0.3 is 9.47 Å². The highest BCUT2D eigenvalue weighted by Crippen LogP contribution is 2.20. The van der Waals surface area contributed by atoms with Crippen LogP contribution in [0.25, 0.3) is 0 Å². The third kappa shape index (κ3) is 3.85. The summed E-state index contributed by atoms with van der Waals surface area (Å²) in [4.78, 5) is 11.0. The van der Waals surface area contributed by atoms with Crippen LogP contribution in [-0.4, -0.2) is 12.9 Å². The molecule has 0 aliphatic carbocycles. The van der Waals surface area contributed by atoms with Gasteiger partial charge in [-0.15, -0.1) is 0 Å². The first-order valence-electron chi connectivity index (χ1n) is 6.52. The largest absolute Gasteiger partial charge is 0.496 e. The number of hydrogen-bond acceptors (Lipinski definition) is 3. The zero-order valence-electron chi connectivity index (χ0n) is 11.8. The number of ketones is 1. The lowest BCUT2D eigenvalue weighted by atomic mass is 10.1. The molecule has 20 heavy (non-hydrogen) atoms. The molecule has 0 fully saturated rings. The number of benzene rings is 2. The molecule has 0 radical (unpaired) electrons. The lowest BCUT2D eigenvalue weighted by Crippen LogP contribution is -1.99. The lowest BCUT2D eigenvalue weighted by Gasteiger charge is -2.10. The first-order chi connectivity index (χ1) is 9.69. The Morgan fingerprint density at radius 1 is 1.05 bits per heavy atom. The SMILES string of the molecule is COc1ccccc1COc1ccc(CC(C)=O)cc1. The van der Waals surface area contributed by atoms with Crippen molar-refractivity contribution in [3.63, 3.8) is 0 Å². The molecule has 2 rings (SSSR count). The van der Waals surface area contributed by atoms with E-state index >= 15 is 0 Å². The first-order valence-corrected chi connectivity index (χ1v) is 6.52. The molecule has 0 amide bonds. The van der Waals surface area contributed by atoms with E-state index < -0.39 is 0 Å². The Morgan fingerprint density at radius 2 is 1.75 bits per heavy atom. The molecule has 0 heterocycles. The van der Waals surface area contributed by atoms with E-state index in [1.807, 2.05) is 48.5 Å². The number of hydrogen-bond donors (Lipinski definition) is 0. The molecule has 0 spiro atoms. The molecule has 0 saturated carbocycles. The molecule has 3 heteroatoms. The fraction of sp³-hybridized carbons (Fsp3) is 0.235. The zero-order valence-corrected chi connectivity index (χ0v) is 11.8. The van der Waals surface area contributed by atoms with Crippen molar-refractivity contribution in [2.24, 2.45) is 0 Å². The molecule has 2 aromatic rings. The van der Waals surface area contributed by atoms with Gasteiger partial charge in [-0.3, -0.25) is 4.79 Å². The summed E-state index contributed by atoms with van der Waals surface area (Å²) >= 11 is 0. The molecule has 0 bridgehead atoms. The third-order valence-corrected chi connectivity index (χ3v) is 2.96. The van der Waals surface area contributed by atoms with Gasteiger partial charge in [0.15, 0.2) is 0 Å². The van der Waals surface area contributed by atoms with Gasteiger partial charge in [-0.25, -0.2) is 0 Å². The second kappa shape index (κ2) is 6.75. The zero-order chi connectivity index (χ0) is 14.4. The van der Waals surface area contributed by atoms with E-state index in [1.54, 1.807) is 14.0 Å². The van der Waals surface area contributed by atoms with Crippen molar-refractivity contribution < 1.29 is 14.3 Å². The van der Waals surface area contributed by atoms with Gasteiger partial charge in [0, 0.05) is 12.0 Å². The van der Waals surface area contributed by atoms with E-state index in [0.717, 1.165) is 22.6 Å². The summed E-state index contributed by atoms with van der Waals surface area (Å²) in [5.41, 5.74) is 2.00. The van der Waals surface area contributed by atoms with E-state index in [4.69, 9.17) is 9.47 Å². The van der Waals surface area contributed by atoms with Crippen LogP contribution in [0.1, 0.15) is 18.1 Å². The van der Waals surface area contributed by atoms with Crippen LogP contribution < -0.4 is 9.47 Å². The Labute approximate surface area is 119 Å². The maximum Gasteiger partial charge on any atom is 0.134 e. The highest BCUT2D eigenvalue weighted by atomic mass is 16.5. The summed E-state index contributed by atoms with van der Waals surface area (Å²) < 4.78 is 11.0. The number of Topliss-reactive ketones (excluding diaryl/α,β-unsaturated/α-hetero) is 1. The number of rotatable bonds is 6. The number of methoxy groups -OCH3 is 1. The van der Waals surface area contributed by atoms with Gasteiger partial charge >= 0.3 is 0 Å². The minimum absolute atomic E-state index is 0.160. The van der Waals surface area contributed by atoms with Crippen LogP contribution in [0.15, 0.2) is 48.5 Å². The van der Waals surface area contributed by atoms with E-state index in [-0.39, 0.29) is 5.78 Å². The molecule has 0 unspecified atom stereocenters. The number of carbonyl (C=O) groups is 1. The quantitative estimate of drug-likeness (QED) is 0.807. The van der Waals surface area contributed by atoms with Crippen LogP contribution in [0.3, 0.4) is 0 Å². The molecule has 0 aliphatic rings. The van der Waals surface area contributed by atoms with Gasteiger partial charge in [0.05, 0.1) is 7.11 Å². The van der Waals surface area contributed by atoms with Crippen molar-refractivity contribution in [2.75, 3.05) is 7.11 Å². The number of para-hydroxylation sites is 1. The fourth-order valence-corrected chi connectivity index (χ4v) is 1.97. The average Bonchev–Trinajstić information content (AvgIpc) is 2.46. The van der Waals surface area contributed by atoms with Gasteiger partial charge in [-0.05, 0) is 30.7 Å². The fourth-order valence-electron chi connectivity index (χ4n) is 1.97. The molecule has 0 aliphatic heterocycles. The topological polar surface area (TPSA) is 35.5 Å². The van der Waals surface area contributed by atoms with Gasteiger partial charge in [-0.2, -0.15) is 0 Å². The predicted octanol–water partition coefficient (Wildman–Crippen LogP) is 3.41. The van der Waals surface area contributed by atoms with Crippen molar-refractivity contribution in [2.45, 2.75) is 20.0 Å². The van der Waals surface area contributed by atoms with Gasteiger partial charge in [-0.1, -0.05) is 30.3 Å². The van der Waals surface area contributed by atoms with Crippen LogP contribution in [0, 0.1) is 0 Å². The van der Waals surface area contributed by atoms with Crippen LogP contribution in [0.5, 0.6) is 11.5 Å². The predicted molar refractivity (Wildman–Crippen MR) is 78.2 cm³/mol. The summed E-state index contributed by atoms with van der Waals surface area (Å²) in [7, 11) is 1.65. The Bertz CT molecular complexity index is 573. The standard InChI is InChI=1S/C17H18O3/c1-13(18)11-14-7-9-16(10-8-14)20-12-15-5-3-4-6-17(15)19-2/h3-10H,11-12H2,1-2H3. The Kier molecular flexibility index (Phi) is 4.77.